The fourth-order valence-electron chi connectivity index (χ4n) is 3.84. The van der Waals surface area contributed by atoms with Crippen molar-refractivity contribution < 1.29 is 14.7 Å². The molecule has 1 aromatic carbocycles. The zero-order valence-electron chi connectivity index (χ0n) is 13.6. The van der Waals surface area contributed by atoms with Gasteiger partial charge in [0.2, 0.25) is 5.71 Å². The highest BCUT2D eigenvalue weighted by Gasteiger charge is 2.43. The summed E-state index contributed by atoms with van der Waals surface area (Å²) in [7, 11) is 0. The molecular formula is C18H22N2O3. The van der Waals surface area contributed by atoms with E-state index in [0.29, 0.717) is 11.6 Å². The number of hydrogen-bond acceptors (Lipinski definition) is 5. The van der Waals surface area contributed by atoms with Crippen LogP contribution in [-0.4, -0.2) is 34.7 Å². The monoisotopic (exact) mass is 314 g/mol. The lowest BCUT2D eigenvalue weighted by molar-refractivity contribution is -0.134. The highest BCUT2D eigenvalue weighted by Crippen LogP contribution is 2.47. The molecule has 5 heteroatoms. The van der Waals surface area contributed by atoms with Crippen molar-refractivity contribution in [3.05, 3.63) is 35.4 Å². The molecule has 1 aliphatic heterocycles. The van der Waals surface area contributed by atoms with Crippen LogP contribution < -0.4 is 0 Å². The molecule has 3 rings (SSSR count). The Morgan fingerprint density at radius 3 is 2.96 bits per heavy atom. The molecule has 0 amide bonds. The molecule has 2 atom stereocenters. The van der Waals surface area contributed by atoms with Crippen molar-refractivity contribution >= 4 is 17.4 Å². The van der Waals surface area contributed by atoms with Gasteiger partial charge in [-0.2, -0.15) is 0 Å². The third kappa shape index (κ3) is 2.64. The van der Waals surface area contributed by atoms with Gasteiger partial charge >= 0.3 is 5.97 Å². The smallest absolute Gasteiger partial charge is 0.362 e. The molecule has 2 aliphatic rings. The van der Waals surface area contributed by atoms with E-state index in [1.54, 1.807) is 6.92 Å². The molecule has 5 nitrogen and oxygen atoms in total. The molecule has 1 fully saturated rings. The SMILES string of the molecule is CCOC(=O)/C(=N\O)C1=N[C@]2(C)CCCC[C@@H]2c2ccccc21. The van der Waals surface area contributed by atoms with Crippen LogP contribution >= 0.6 is 0 Å². The Bertz CT molecular complexity index is 681. The minimum atomic E-state index is -0.638. The molecule has 1 N–H and O–H groups in total. The van der Waals surface area contributed by atoms with Crippen molar-refractivity contribution in [2.24, 2.45) is 10.1 Å². The van der Waals surface area contributed by atoms with Crippen molar-refractivity contribution in [3.63, 3.8) is 0 Å². The summed E-state index contributed by atoms with van der Waals surface area (Å²) in [6.07, 6.45) is 4.38. The van der Waals surface area contributed by atoms with E-state index in [1.165, 1.54) is 12.0 Å². The summed E-state index contributed by atoms with van der Waals surface area (Å²) in [6.45, 7) is 4.08. The lowest BCUT2D eigenvalue weighted by atomic mass is 9.67. The van der Waals surface area contributed by atoms with Crippen molar-refractivity contribution in [1.29, 1.82) is 0 Å². The lowest BCUT2D eigenvalue weighted by Gasteiger charge is -2.43. The number of rotatable bonds is 3. The van der Waals surface area contributed by atoms with Gasteiger partial charge < -0.3 is 9.94 Å². The second-order valence-corrected chi connectivity index (χ2v) is 6.37. The van der Waals surface area contributed by atoms with E-state index in [-0.39, 0.29) is 17.9 Å². The number of aliphatic imine (C=N–C) groups is 1. The fourth-order valence-corrected chi connectivity index (χ4v) is 3.84. The Morgan fingerprint density at radius 1 is 1.43 bits per heavy atom. The lowest BCUT2D eigenvalue weighted by Crippen LogP contribution is -2.42. The van der Waals surface area contributed by atoms with Crippen molar-refractivity contribution in [1.82, 2.24) is 0 Å². The van der Waals surface area contributed by atoms with Gasteiger partial charge in [0.25, 0.3) is 0 Å². The van der Waals surface area contributed by atoms with E-state index in [4.69, 9.17) is 9.73 Å². The van der Waals surface area contributed by atoms with Gasteiger partial charge in [0.1, 0.15) is 5.71 Å². The van der Waals surface area contributed by atoms with E-state index in [0.717, 1.165) is 24.8 Å². The molecule has 122 valence electrons. The van der Waals surface area contributed by atoms with Crippen molar-refractivity contribution in [2.45, 2.75) is 51.0 Å². The normalized spacial score (nSPS) is 26.8. The van der Waals surface area contributed by atoms with E-state index in [2.05, 4.69) is 18.1 Å². The zero-order valence-corrected chi connectivity index (χ0v) is 13.6. The molecule has 1 aromatic rings. The summed E-state index contributed by atoms with van der Waals surface area (Å²) in [6, 6.07) is 7.96. The first-order valence-electron chi connectivity index (χ1n) is 8.19. The van der Waals surface area contributed by atoms with Crippen LogP contribution in [0, 0.1) is 0 Å². The predicted octanol–water partition coefficient (Wildman–Crippen LogP) is 3.30. The summed E-state index contributed by atoms with van der Waals surface area (Å²) < 4.78 is 5.02. The van der Waals surface area contributed by atoms with Gasteiger partial charge in [-0.1, -0.05) is 42.3 Å². The standard InChI is InChI=1S/C18H22N2O3/c1-3-23-17(21)16(20-22)15-13-9-5-4-8-12(13)14-10-6-7-11-18(14,2)19-15/h4-5,8-9,14,22H,3,6-7,10-11H2,1-2H3/b20-16-/t14-,18-/m1/s1. The van der Waals surface area contributed by atoms with Crippen molar-refractivity contribution in [3.8, 4) is 0 Å². The molecule has 0 bridgehead atoms. The molecule has 1 saturated carbocycles. The first-order valence-corrected chi connectivity index (χ1v) is 8.19. The fraction of sp³-hybridized carbons (Fsp3) is 0.500. The molecule has 0 unspecified atom stereocenters. The Labute approximate surface area is 136 Å². The molecular weight excluding hydrogens is 292 g/mol. The number of ether oxygens (including phenoxy) is 1. The number of fused-ring (bicyclic) bond motifs is 3. The number of esters is 1. The summed E-state index contributed by atoms with van der Waals surface area (Å²) >= 11 is 0. The number of hydrogen-bond donors (Lipinski definition) is 1. The van der Waals surface area contributed by atoms with Gasteiger partial charge in [0, 0.05) is 11.5 Å². The number of oxime groups is 1. The maximum Gasteiger partial charge on any atom is 0.362 e. The maximum atomic E-state index is 12.2. The number of nitrogens with zero attached hydrogens (tertiary/aromatic N) is 2. The van der Waals surface area contributed by atoms with E-state index in [9.17, 15) is 10.0 Å². The van der Waals surface area contributed by atoms with Gasteiger partial charge in [-0.15, -0.1) is 0 Å². The first-order chi connectivity index (χ1) is 11.1. The van der Waals surface area contributed by atoms with E-state index >= 15 is 0 Å². The molecule has 1 aliphatic carbocycles. The Kier molecular flexibility index (Phi) is 4.20. The molecule has 0 radical (unpaired) electrons. The number of carbonyl (C=O) groups excluding carboxylic acids is 1. The second-order valence-electron chi connectivity index (χ2n) is 6.37. The van der Waals surface area contributed by atoms with Gasteiger partial charge in [-0.3, -0.25) is 4.99 Å². The number of carbonyl (C=O) groups is 1. The van der Waals surface area contributed by atoms with Gasteiger partial charge in [0.15, 0.2) is 0 Å². The van der Waals surface area contributed by atoms with Crippen molar-refractivity contribution in [2.75, 3.05) is 6.61 Å². The van der Waals surface area contributed by atoms with Crippen LogP contribution in [0.2, 0.25) is 0 Å². The minimum absolute atomic E-state index is 0.107. The Hall–Kier alpha value is -2.17. The maximum absolute atomic E-state index is 12.2. The molecule has 0 spiro atoms. The van der Waals surface area contributed by atoms with E-state index < -0.39 is 5.97 Å². The van der Waals surface area contributed by atoms with Crippen LogP contribution in [0.15, 0.2) is 34.4 Å². The molecule has 1 heterocycles. The summed E-state index contributed by atoms with van der Waals surface area (Å²) in [5.74, 6) is -0.292. The number of benzene rings is 1. The van der Waals surface area contributed by atoms with Crippen LogP contribution in [0.5, 0.6) is 0 Å². The van der Waals surface area contributed by atoms with Crippen LogP contribution in [0.1, 0.15) is 56.6 Å². The average molecular weight is 314 g/mol. The quantitative estimate of drug-likeness (QED) is 0.403. The van der Waals surface area contributed by atoms with Gasteiger partial charge in [-0.25, -0.2) is 4.79 Å². The Balaban J connectivity index is 2.13. The van der Waals surface area contributed by atoms with Gasteiger partial charge in [-0.05, 0) is 32.3 Å². The third-order valence-corrected chi connectivity index (χ3v) is 4.93. The summed E-state index contributed by atoms with van der Waals surface area (Å²) in [5, 5.41) is 12.6. The average Bonchev–Trinajstić information content (AvgIpc) is 2.55. The highest BCUT2D eigenvalue weighted by molar-refractivity contribution is 6.69. The van der Waals surface area contributed by atoms with Crippen LogP contribution in [0.3, 0.4) is 0 Å². The largest absolute Gasteiger partial charge is 0.461 e. The Morgan fingerprint density at radius 2 is 2.22 bits per heavy atom. The summed E-state index contributed by atoms with van der Waals surface area (Å²) in [4.78, 5) is 17.0. The first kappa shape index (κ1) is 15.7. The van der Waals surface area contributed by atoms with Crippen LogP contribution in [-0.2, 0) is 9.53 Å². The zero-order chi connectivity index (χ0) is 16.4. The van der Waals surface area contributed by atoms with Crippen LogP contribution in [0.4, 0.5) is 0 Å². The predicted molar refractivity (Wildman–Crippen MR) is 88.4 cm³/mol. The van der Waals surface area contributed by atoms with E-state index in [1.807, 2.05) is 18.2 Å². The minimum Gasteiger partial charge on any atom is -0.461 e. The summed E-state index contributed by atoms with van der Waals surface area (Å²) in [5.41, 5.74) is 2.14. The topological polar surface area (TPSA) is 71.2 Å². The molecule has 23 heavy (non-hydrogen) atoms. The highest BCUT2D eigenvalue weighted by atomic mass is 16.5. The third-order valence-electron chi connectivity index (χ3n) is 4.93. The molecule has 0 saturated heterocycles. The second kappa shape index (κ2) is 6.14. The van der Waals surface area contributed by atoms with Crippen LogP contribution in [0.25, 0.3) is 0 Å². The van der Waals surface area contributed by atoms with Gasteiger partial charge in [0.05, 0.1) is 12.1 Å². The molecule has 0 aromatic heterocycles.